The SMILES string of the molecule is CCN1CCC(C(=O)Cc2cc(Oc3ccc4c(c3)nc(Nc3ccc(C(F)(F)F)c(Cl)c3)n4C)ccn2)CC1. The van der Waals surface area contributed by atoms with Crippen LogP contribution in [0.25, 0.3) is 11.0 Å². The van der Waals surface area contributed by atoms with Gasteiger partial charge in [-0.2, -0.15) is 13.2 Å². The van der Waals surface area contributed by atoms with Gasteiger partial charge in [0.05, 0.1) is 27.3 Å². The van der Waals surface area contributed by atoms with E-state index in [0.717, 1.165) is 44.1 Å². The standard InChI is InChI=1S/C29H29ClF3N5O2/c1-3-38-12-9-18(10-13-38)27(39)16-20-14-22(8-11-34-20)40-21-5-7-26-25(17-21)36-28(37(26)2)35-19-4-6-23(24(30)15-19)29(31,32)33/h4-8,11,14-15,17-18H,3,9-10,12-13,16H2,1-2H3,(H,35,36). The van der Waals surface area contributed by atoms with E-state index in [1.165, 1.54) is 12.1 Å². The summed E-state index contributed by atoms with van der Waals surface area (Å²) in [6, 6.07) is 12.4. The third-order valence-corrected chi connectivity index (χ3v) is 7.56. The summed E-state index contributed by atoms with van der Waals surface area (Å²) in [6.07, 6.45) is -0.850. The summed E-state index contributed by atoms with van der Waals surface area (Å²) in [5.41, 5.74) is 1.57. The molecule has 0 saturated carbocycles. The van der Waals surface area contributed by atoms with E-state index in [-0.39, 0.29) is 18.1 Å². The van der Waals surface area contributed by atoms with Gasteiger partial charge in [0.25, 0.3) is 0 Å². The van der Waals surface area contributed by atoms with Crippen molar-refractivity contribution in [1.29, 1.82) is 0 Å². The molecule has 2 aromatic carbocycles. The fraction of sp³-hybridized carbons (Fsp3) is 0.345. The van der Waals surface area contributed by atoms with Crippen molar-refractivity contribution in [3.8, 4) is 11.5 Å². The minimum Gasteiger partial charge on any atom is -0.457 e. The maximum atomic E-state index is 13.0. The molecular formula is C29H29ClF3N5O2. The van der Waals surface area contributed by atoms with Crippen molar-refractivity contribution < 1.29 is 22.7 Å². The number of pyridine rings is 1. The van der Waals surface area contributed by atoms with E-state index >= 15 is 0 Å². The smallest absolute Gasteiger partial charge is 0.417 e. The van der Waals surface area contributed by atoms with Crippen LogP contribution in [0, 0.1) is 5.92 Å². The monoisotopic (exact) mass is 571 g/mol. The van der Waals surface area contributed by atoms with Crippen molar-refractivity contribution in [2.45, 2.75) is 32.4 Å². The molecule has 2 aromatic heterocycles. The van der Waals surface area contributed by atoms with Crippen LogP contribution < -0.4 is 10.1 Å². The highest BCUT2D eigenvalue weighted by molar-refractivity contribution is 6.31. The van der Waals surface area contributed by atoms with E-state index in [1.54, 1.807) is 42.1 Å². The van der Waals surface area contributed by atoms with Gasteiger partial charge in [-0.1, -0.05) is 18.5 Å². The lowest BCUT2D eigenvalue weighted by atomic mass is 9.90. The van der Waals surface area contributed by atoms with Crippen molar-refractivity contribution in [3.63, 3.8) is 0 Å². The highest BCUT2D eigenvalue weighted by Crippen LogP contribution is 2.36. The minimum atomic E-state index is -4.53. The predicted octanol–water partition coefficient (Wildman–Crippen LogP) is 7.02. The van der Waals surface area contributed by atoms with E-state index in [4.69, 9.17) is 16.3 Å². The zero-order valence-electron chi connectivity index (χ0n) is 22.1. The van der Waals surface area contributed by atoms with Crippen molar-refractivity contribution >= 4 is 40.1 Å². The van der Waals surface area contributed by atoms with Gasteiger partial charge in [-0.25, -0.2) is 4.98 Å². The number of nitrogens with one attached hydrogen (secondary N) is 1. The molecule has 1 saturated heterocycles. The molecule has 0 atom stereocenters. The number of Topliss-reactive ketones (excluding diaryl/α,β-unsaturated/α-hetero) is 1. The number of halogens is 4. The van der Waals surface area contributed by atoms with E-state index in [2.05, 4.69) is 27.1 Å². The number of fused-ring (bicyclic) bond motifs is 1. The number of carbonyl (C=O) groups excluding carboxylic acids is 1. The number of likely N-dealkylation sites (tertiary alicyclic amines) is 1. The first-order chi connectivity index (χ1) is 19.1. The first-order valence-corrected chi connectivity index (χ1v) is 13.5. The number of piperidine rings is 1. The van der Waals surface area contributed by atoms with Gasteiger partial charge in [-0.3, -0.25) is 9.78 Å². The second-order valence-electron chi connectivity index (χ2n) is 9.90. The second-order valence-corrected chi connectivity index (χ2v) is 10.3. The van der Waals surface area contributed by atoms with Crippen LogP contribution in [0.15, 0.2) is 54.7 Å². The molecule has 0 amide bonds. The maximum absolute atomic E-state index is 13.0. The van der Waals surface area contributed by atoms with Crippen molar-refractivity contribution in [2.24, 2.45) is 13.0 Å². The molecule has 0 spiro atoms. The Morgan fingerprint density at radius 1 is 1.10 bits per heavy atom. The normalized spacial score (nSPS) is 14.9. The Morgan fingerprint density at radius 2 is 1.85 bits per heavy atom. The largest absolute Gasteiger partial charge is 0.457 e. The Labute approximate surface area is 234 Å². The average Bonchev–Trinajstić information content (AvgIpc) is 3.22. The highest BCUT2D eigenvalue weighted by atomic mass is 35.5. The number of carbonyl (C=O) groups is 1. The molecule has 3 heterocycles. The van der Waals surface area contributed by atoms with Crippen LogP contribution in [0.3, 0.4) is 0 Å². The molecule has 210 valence electrons. The molecule has 1 aliphatic heterocycles. The van der Waals surface area contributed by atoms with Crippen LogP contribution in [0.4, 0.5) is 24.8 Å². The number of ketones is 1. The predicted molar refractivity (Wildman–Crippen MR) is 148 cm³/mol. The van der Waals surface area contributed by atoms with Gasteiger partial charge in [0, 0.05) is 43.4 Å². The van der Waals surface area contributed by atoms with E-state index in [1.807, 2.05) is 6.07 Å². The van der Waals surface area contributed by atoms with Gasteiger partial charge in [-0.15, -0.1) is 0 Å². The number of aryl methyl sites for hydroxylation is 1. The van der Waals surface area contributed by atoms with Crippen molar-refractivity contribution in [1.82, 2.24) is 19.4 Å². The lowest BCUT2D eigenvalue weighted by Crippen LogP contribution is -2.36. The van der Waals surface area contributed by atoms with Crippen LogP contribution in [0.5, 0.6) is 11.5 Å². The summed E-state index contributed by atoms with van der Waals surface area (Å²) in [4.78, 5) is 24.2. The fourth-order valence-electron chi connectivity index (χ4n) is 4.95. The second kappa shape index (κ2) is 11.5. The summed E-state index contributed by atoms with van der Waals surface area (Å²) < 4.78 is 46.9. The van der Waals surface area contributed by atoms with E-state index < -0.39 is 16.8 Å². The number of hydrogen-bond acceptors (Lipinski definition) is 6. The third kappa shape index (κ3) is 6.23. The average molecular weight is 572 g/mol. The highest BCUT2D eigenvalue weighted by Gasteiger charge is 2.33. The van der Waals surface area contributed by atoms with Gasteiger partial charge in [0.15, 0.2) is 0 Å². The fourth-order valence-corrected chi connectivity index (χ4v) is 5.24. The summed E-state index contributed by atoms with van der Waals surface area (Å²) >= 11 is 5.86. The first kappa shape index (κ1) is 27.9. The molecule has 7 nitrogen and oxygen atoms in total. The quantitative estimate of drug-likeness (QED) is 0.245. The molecule has 4 aromatic rings. The van der Waals surface area contributed by atoms with Crippen LogP contribution >= 0.6 is 11.6 Å². The molecule has 0 unspecified atom stereocenters. The van der Waals surface area contributed by atoms with Gasteiger partial charge >= 0.3 is 6.18 Å². The maximum Gasteiger partial charge on any atom is 0.417 e. The molecule has 1 N–H and O–H groups in total. The summed E-state index contributed by atoms with van der Waals surface area (Å²) in [7, 11) is 1.79. The summed E-state index contributed by atoms with van der Waals surface area (Å²) in [5, 5.41) is 2.63. The molecule has 5 rings (SSSR count). The van der Waals surface area contributed by atoms with Gasteiger partial charge in [0.2, 0.25) is 5.95 Å². The Hall–Kier alpha value is -3.63. The summed E-state index contributed by atoms with van der Waals surface area (Å²) in [6.45, 7) is 5.06. The Morgan fingerprint density at radius 3 is 2.55 bits per heavy atom. The Kier molecular flexibility index (Phi) is 8.00. The molecular weight excluding hydrogens is 543 g/mol. The van der Waals surface area contributed by atoms with Gasteiger partial charge in [0.1, 0.15) is 17.3 Å². The Bertz CT molecular complexity index is 1530. The van der Waals surface area contributed by atoms with Crippen LogP contribution in [-0.2, 0) is 24.4 Å². The van der Waals surface area contributed by atoms with Crippen LogP contribution in [0.2, 0.25) is 5.02 Å². The van der Waals surface area contributed by atoms with E-state index in [0.29, 0.717) is 34.3 Å². The molecule has 1 aliphatic rings. The number of alkyl halides is 3. The molecule has 0 aliphatic carbocycles. The molecule has 0 bridgehead atoms. The Balaban J connectivity index is 1.27. The van der Waals surface area contributed by atoms with E-state index in [9.17, 15) is 18.0 Å². The molecule has 1 fully saturated rings. The van der Waals surface area contributed by atoms with Crippen molar-refractivity contribution in [2.75, 3.05) is 25.0 Å². The zero-order chi connectivity index (χ0) is 28.4. The lowest BCUT2D eigenvalue weighted by molar-refractivity contribution is -0.137. The molecule has 11 heteroatoms. The number of anilines is 2. The van der Waals surface area contributed by atoms with Crippen LogP contribution in [-0.4, -0.2) is 44.9 Å². The lowest BCUT2D eigenvalue weighted by Gasteiger charge is -2.30. The van der Waals surface area contributed by atoms with Crippen LogP contribution in [0.1, 0.15) is 31.0 Å². The number of rotatable bonds is 8. The number of aromatic nitrogens is 3. The number of benzene rings is 2. The first-order valence-electron chi connectivity index (χ1n) is 13.1. The van der Waals surface area contributed by atoms with Gasteiger partial charge < -0.3 is 19.5 Å². The number of hydrogen-bond donors (Lipinski definition) is 1. The zero-order valence-corrected chi connectivity index (χ0v) is 22.9. The number of nitrogens with zero attached hydrogens (tertiary/aromatic N) is 4. The number of ether oxygens (including phenoxy) is 1. The topological polar surface area (TPSA) is 72.3 Å². The van der Waals surface area contributed by atoms with Crippen molar-refractivity contribution in [3.05, 3.63) is 71.0 Å². The minimum absolute atomic E-state index is 0.0714. The third-order valence-electron chi connectivity index (χ3n) is 7.25. The van der Waals surface area contributed by atoms with Gasteiger partial charge in [-0.05, 0) is 68.9 Å². The molecule has 40 heavy (non-hydrogen) atoms. The summed E-state index contributed by atoms with van der Waals surface area (Å²) in [5.74, 6) is 1.82. The molecule has 0 radical (unpaired) electrons. The number of imidazole rings is 1.